The maximum absolute atomic E-state index is 4.44. The molecule has 1 saturated heterocycles. The summed E-state index contributed by atoms with van der Waals surface area (Å²) in [5.41, 5.74) is 1.18. The average molecular weight is 271 g/mol. The van der Waals surface area contributed by atoms with Gasteiger partial charge in [-0.2, -0.15) is 11.8 Å². The van der Waals surface area contributed by atoms with Crippen LogP contribution in [0, 0.1) is 6.92 Å². The van der Waals surface area contributed by atoms with E-state index >= 15 is 0 Å². The van der Waals surface area contributed by atoms with Gasteiger partial charge in [0.1, 0.15) is 0 Å². The van der Waals surface area contributed by atoms with Crippen molar-refractivity contribution in [1.82, 2.24) is 15.6 Å². The molecule has 5 heteroatoms. The topological polar surface area (TPSA) is 37.0 Å². The number of hydrogen-bond acceptors (Lipinski definition) is 5. The van der Waals surface area contributed by atoms with Gasteiger partial charge in [0.25, 0.3) is 0 Å². The van der Waals surface area contributed by atoms with Crippen molar-refractivity contribution >= 4 is 23.1 Å². The van der Waals surface area contributed by atoms with E-state index < -0.39 is 0 Å². The summed E-state index contributed by atoms with van der Waals surface area (Å²) < 4.78 is 0. The Morgan fingerprint density at radius 3 is 3.06 bits per heavy atom. The normalized spacial score (nSPS) is 17.5. The summed E-state index contributed by atoms with van der Waals surface area (Å²) in [7, 11) is 0. The molecule has 0 radical (unpaired) electrons. The molecule has 1 fully saturated rings. The van der Waals surface area contributed by atoms with Crippen LogP contribution in [-0.4, -0.2) is 35.6 Å². The molecular formula is C12H21N3S2. The molecule has 0 atom stereocenters. The van der Waals surface area contributed by atoms with E-state index in [9.17, 15) is 0 Å². The predicted molar refractivity (Wildman–Crippen MR) is 76.9 cm³/mol. The lowest BCUT2D eigenvalue weighted by atomic mass is 10.2. The third-order valence-corrected chi connectivity index (χ3v) is 5.10. The van der Waals surface area contributed by atoms with Gasteiger partial charge in [0.05, 0.1) is 10.7 Å². The maximum Gasteiger partial charge on any atom is 0.0897 e. The summed E-state index contributed by atoms with van der Waals surface area (Å²) in [6, 6.07) is 0. The van der Waals surface area contributed by atoms with Crippen LogP contribution in [-0.2, 0) is 6.54 Å². The molecule has 1 aromatic rings. The molecule has 2 heterocycles. The lowest BCUT2D eigenvalue weighted by Gasteiger charge is -2.21. The fourth-order valence-corrected chi connectivity index (χ4v) is 3.74. The molecule has 0 saturated carbocycles. The second-order valence-corrected chi connectivity index (χ2v) is 6.83. The fourth-order valence-electron chi connectivity index (χ4n) is 1.97. The van der Waals surface area contributed by atoms with E-state index in [1.807, 2.05) is 0 Å². The van der Waals surface area contributed by atoms with Gasteiger partial charge >= 0.3 is 0 Å². The first kappa shape index (κ1) is 13.3. The average Bonchev–Trinajstić information content (AvgIpc) is 2.76. The number of rotatable bonds is 6. The molecule has 0 unspecified atom stereocenters. The minimum absolute atomic E-state index is 0.875. The van der Waals surface area contributed by atoms with Crippen LogP contribution in [0.3, 0.4) is 0 Å². The lowest BCUT2D eigenvalue weighted by molar-refractivity contribution is 0.531. The van der Waals surface area contributed by atoms with Crippen LogP contribution < -0.4 is 10.6 Å². The summed E-state index contributed by atoms with van der Waals surface area (Å²) in [6.07, 6.45) is 2.66. The first-order valence-electron chi connectivity index (χ1n) is 6.28. The Morgan fingerprint density at radius 1 is 1.53 bits per heavy atom. The Hall–Kier alpha value is -0.100. The molecule has 0 spiro atoms. The highest BCUT2D eigenvalue weighted by atomic mass is 32.2. The largest absolute Gasteiger partial charge is 0.317 e. The number of thioether (sulfide) groups is 1. The molecule has 96 valence electrons. The maximum atomic E-state index is 4.44. The van der Waals surface area contributed by atoms with Gasteiger partial charge in [0.2, 0.25) is 0 Å². The molecule has 0 amide bonds. The van der Waals surface area contributed by atoms with Crippen LogP contribution in [0.2, 0.25) is 0 Å². The minimum atomic E-state index is 0.875. The summed E-state index contributed by atoms with van der Waals surface area (Å²) in [4.78, 5) is 4.44. The van der Waals surface area contributed by atoms with Gasteiger partial charge in [-0.25, -0.2) is 4.98 Å². The molecule has 0 aromatic carbocycles. The first-order valence-corrected chi connectivity index (χ1v) is 8.21. The highest BCUT2D eigenvalue weighted by molar-refractivity contribution is 7.99. The molecule has 17 heavy (non-hydrogen) atoms. The van der Waals surface area contributed by atoms with Crippen LogP contribution in [0.25, 0.3) is 0 Å². The van der Waals surface area contributed by atoms with Crippen LogP contribution in [0.4, 0.5) is 0 Å². The third kappa shape index (κ3) is 4.95. The highest BCUT2D eigenvalue weighted by Gasteiger charge is 2.12. The number of nitrogens with zero attached hydrogens (tertiary/aromatic N) is 1. The Labute approximate surface area is 112 Å². The van der Waals surface area contributed by atoms with Crippen molar-refractivity contribution in [3.8, 4) is 0 Å². The molecule has 1 aliphatic heterocycles. The standard InChI is InChI=1S/C12H21N3S2/c1-10-15-11(9-17-10)8-14-6-7-16-12-2-4-13-5-3-12/h9,12-14H,2-8H2,1H3. The fraction of sp³-hybridized carbons (Fsp3) is 0.750. The molecule has 1 aliphatic rings. The van der Waals surface area contributed by atoms with Crippen molar-refractivity contribution in [3.05, 3.63) is 16.1 Å². The molecule has 0 bridgehead atoms. The van der Waals surface area contributed by atoms with Crippen molar-refractivity contribution in [1.29, 1.82) is 0 Å². The van der Waals surface area contributed by atoms with Crippen LogP contribution >= 0.6 is 23.1 Å². The van der Waals surface area contributed by atoms with Gasteiger partial charge in [-0.05, 0) is 32.9 Å². The Bertz CT molecular complexity index is 321. The minimum Gasteiger partial charge on any atom is -0.317 e. The van der Waals surface area contributed by atoms with Gasteiger partial charge in [-0.1, -0.05) is 0 Å². The van der Waals surface area contributed by atoms with Crippen LogP contribution in [0.1, 0.15) is 23.5 Å². The zero-order valence-electron chi connectivity index (χ0n) is 10.4. The number of aryl methyl sites for hydroxylation is 1. The number of thiazole rings is 1. The van der Waals surface area contributed by atoms with E-state index in [1.165, 1.54) is 37.4 Å². The molecule has 1 aromatic heterocycles. The van der Waals surface area contributed by atoms with Crippen molar-refractivity contribution in [2.75, 3.05) is 25.4 Å². The number of piperidine rings is 1. The smallest absolute Gasteiger partial charge is 0.0897 e. The molecule has 2 N–H and O–H groups in total. The number of aromatic nitrogens is 1. The zero-order chi connectivity index (χ0) is 11.9. The van der Waals surface area contributed by atoms with Crippen LogP contribution in [0.15, 0.2) is 5.38 Å². The summed E-state index contributed by atoms with van der Waals surface area (Å²) in [5.74, 6) is 1.22. The molecule has 2 rings (SSSR count). The van der Waals surface area contributed by atoms with Crippen molar-refractivity contribution in [3.63, 3.8) is 0 Å². The Kier molecular flexibility index (Phi) is 5.77. The monoisotopic (exact) mass is 271 g/mol. The predicted octanol–water partition coefficient (Wildman–Crippen LogP) is 2.03. The Balaban J connectivity index is 1.51. The van der Waals surface area contributed by atoms with Gasteiger partial charge in [0.15, 0.2) is 0 Å². The quantitative estimate of drug-likeness (QED) is 0.776. The van der Waals surface area contributed by atoms with Crippen molar-refractivity contribution in [2.45, 2.75) is 31.6 Å². The van der Waals surface area contributed by atoms with E-state index in [-0.39, 0.29) is 0 Å². The SMILES string of the molecule is Cc1nc(CNCCSC2CCNCC2)cs1. The molecule has 3 nitrogen and oxygen atoms in total. The van der Waals surface area contributed by atoms with E-state index in [0.717, 1.165) is 23.3 Å². The van der Waals surface area contributed by atoms with E-state index in [4.69, 9.17) is 0 Å². The van der Waals surface area contributed by atoms with E-state index in [1.54, 1.807) is 11.3 Å². The molecule has 0 aliphatic carbocycles. The van der Waals surface area contributed by atoms with Crippen molar-refractivity contribution < 1.29 is 0 Å². The van der Waals surface area contributed by atoms with Gasteiger partial charge in [-0.15, -0.1) is 11.3 Å². The Morgan fingerprint density at radius 2 is 2.35 bits per heavy atom. The van der Waals surface area contributed by atoms with Crippen LogP contribution in [0.5, 0.6) is 0 Å². The first-order chi connectivity index (χ1) is 8.34. The highest BCUT2D eigenvalue weighted by Crippen LogP contribution is 2.19. The second-order valence-electron chi connectivity index (χ2n) is 4.35. The van der Waals surface area contributed by atoms with Crippen molar-refractivity contribution in [2.24, 2.45) is 0 Å². The van der Waals surface area contributed by atoms with Gasteiger partial charge < -0.3 is 10.6 Å². The summed E-state index contributed by atoms with van der Waals surface area (Å²) in [6.45, 7) is 6.45. The zero-order valence-corrected chi connectivity index (χ0v) is 12.0. The van der Waals surface area contributed by atoms with E-state index in [2.05, 4.69) is 39.7 Å². The molecular weight excluding hydrogens is 250 g/mol. The third-order valence-electron chi connectivity index (χ3n) is 2.89. The van der Waals surface area contributed by atoms with E-state index in [0.29, 0.717) is 0 Å². The summed E-state index contributed by atoms with van der Waals surface area (Å²) >= 11 is 3.85. The number of hydrogen-bond donors (Lipinski definition) is 2. The van der Waals surface area contributed by atoms with Gasteiger partial charge in [0, 0.05) is 29.5 Å². The summed E-state index contributed by atoms with van der Waals surface area (Å²) in [5, 5.41) is 11.0. The second kappa shape index (κ2) is 7.36. The van der Waals surface area contributed by atoms with Gasteiger partial charge in [-0.3, -0.25) is 0 Å². The lowest BCUT2D eigenvalue weighted by Crippen LogP contribution is -2.30. The number of nitrogens with one attached hydrogen (secondary N) is 2.